The van der Waals surface area contributed by atoms with E-state index in [2.05, 4.69) is 0 Å². The number of unbranched alkanes of at least 4 members (excludes halogenated alkanes) is 9. The number of ketones is 2. The third kappa shape index (κ3) is 11.0. The van der Waals surface area contributed by atoms with Gasteiger partial charge < -0.3 is 19.7 Å². The highest BCUT2D eigenvalue weighted by molar-refractivity contribution is 6.17. The van der Waals surface area contributed by atoms with Crippen molar-refractivity contribution >= 4 is 23.5 Å². The lowest BCUT2D eigenvalue weighted by molar-refractivity contribution is -0.134. The number of rotatable bonds is 21. The minimum atomic E-state index is -0.971. The second-order valence-corrected chi connectivity index (χ2v) is 10.0. The molecule has 0 unspecified atom stereocenters. The van der Waals surface area contributed by atoms with Gasteiger partial charge >= 0.3 is 11.9 Å². The van der Waals surface area contributed by atoms with E-state index < -0.39 is 51.9 Å². The van der Waals surface area contributed by atoms with Crippen LogP contribution >= 0.6 is 0 Å². The Morgan fingerprint density at radius 3 is 1.54 bits per heavy atom. The largest absolute Gasteiger partial charge is 0.504 e. The van der Waals surface area contributed by atoms with Crippen molar-refractivity contribution in [3.05, 3.63) is 16.7 Å². The van der Waals surface area contributed by atoms with Crippen LogP contribution in [0.4, 0.5) is 0 Å². The second-order valence-electron chi connectivity index (χ2n) is 10.0. The molecule has 8 nitrogen and oxygen atoms in total. The molecule has 1 aromatic carbocycles. The quantitative estimate of drug-likeness (QED) is 0.0523. The summed E-state index contributed by atoms with van der Waals surface area (Å²) in [5.74, 6) is -5.17. The minimum Gasteiger partial charge on any atom is -0.504 e. The molecule has 39 heavy (non-hydrogen) atoms. The topological polar surface area (TPSA) is 127 Å². The smallest absolute Gasteiger partial charge is 0.339 e. The Labute approximate surface area is 233 Å². The van der Waals surface area contributed by atoms with Crippen LogP contribution in [0.3, 0.4) is 0 Å². The summed E-state index contributed by atoms with van der Waals surface area (Å²) in [5.41, 5.74) is -1.26. The van der Waals surface area contributed by atoms with E-state index in [0.717, 1.165) is 57.8 Å². The van der Waals surface area contributed by atoms with Crippen LogP contribution in [0.1, 0.15) is 162 Å². The number of carbonyl (C=O) groups excluding carboxylic acids is 4. The van der Waals surface area contributed by atoms with E-state index in [1.807, 2.05) is 20.8 Å². The summed E-state index contributed by atoms with van der Waals surface area (Å²) in [4.78, 5) is 52.8. The number of aromatic hydroxyl groups is 2. The fourth-order valence-electron chi connectivity index (χ4n) is 4.34. The molecular formula is C31H48O8. The zero-order valence-corrected chi connectivity index (χ0v) is 24.4. The molecule has 2 N–H and O–H groups in total. The molecule has 0 spiro atoms. The van der Waals surface area contributed by atoms with E-state index in [4.69, 9.17) is 9.47 Å². The molecule has 0 aliphatic heterocycles. The number of carbonyl (C=O) groups is 4. The van der Waals surface area contributed by atoms with Gasteiger partial charge in [-0.3, -0.25) is 14.4 Å². The van der Waals surface area contributed by atoms with Crippen LogP contribution in [0.15, 0.2) is 0 Å². The van der Waals surface area contributed by atoms with Crippen LogP contribution in [0.2, 0.25) is 0 Å². The van der Waals surface area contributed by atoms with Gasteiger partial charge in [-0.1, -0.05) is 85.5 Å². The van der Waals surface area contributed by atoms with Gasteiger partial charge in [0.1, 0.15) is 0 Å². The number of phenols is 2. The maximum absolute atomic E-state index is 13.5. The number of hydrogen-bond acceptors (Lipinski definition) is 8. The highest BCUT2D eigenvalue weighted by Crippen LogP contribution is 2.46. The van der Waals surface area contributed by atoms with Crippen LogP contribution in [0.25, 0.3) is 0 Å². The first-order valence-electron chi connectivity index (χ1n) is 14.8. The molecule has 1 aromatic rings. The third-order valence-corrected chi connectivity index (χ3v) is 6.57. The van der Waals surface area contributed by atoms with Crippen molar-refractivity contribution in [2.75, 3.05) is 6.61 Å². The molecule has 0 amide bonds. The number of ether oxygens (including phenoxy) is 2. The SMILES string of the molecule is CCCCCCC(=O)Oc1c(O)c(O)c(C(=O)CCCCCC)c(C(=O)OCCC)c1C(=O)CCCCCC. The monoisotopic (exact) mass is 548 g/mol. The molecule has 0 radical (unpaired) electrons. The molecule has 0 aromatic heterocycles. The summed E-state index contributed by atoms with van der Waals surface area (Å²) in [7, 11) is 0. The Kier molecular flexibility index (Phi) is 16.8. The van der Waals surface area contributed by atoms with E-state index in [1.54, 1.807) is 6.92 Å². The van der Waals surface area contributed by atoms with Gasteiger partial charge in [-0.05, 0) is 25.7 Å². The highest BCUT2D eigenvalue weighted by atomic mass is 16.5. The van der Waals surface area contributed by atoms with Crippen molar-refractivity contribution < 1.29 is 38.9 Å². The molecule has 8 heteroatoms. The molecule has 1 rings (SSSR count). The molecule has 0 saturated carbocycles. The predicted octanol–water partition coefficient (Wildman–Crippen LogP) is 7.85. The standard InChI is InChI=1S/C31H48O8/c1-5-9-12-15-18-22(32)25-27(31(37)38-21-8-4)26(23(33)19-16-13-10-6-2)30(29(36)28(25)35)39-24(34)20-17-14-11-7-3/h35-36H,5-21H2,1-4H3. The second kappa shape index (κ2) is 19.2. The van der Waals surface area contributed by atoms with Crippen LogP contribution < -0.4 is 4.74 Å². The normalized spacial score (nSPS) is 10.9. The first kappa shape index (κ1) is 34.1. The Bertz CT molecular complexity index is 951. The van der Waals surface area contributed by atoms with E-state index >= 15 is 0 Å². The number of esters is 2. The first-order chi connectivity index (χ1) is 18.7. The van der Waals surface area contributed by atoms with E-state index in [1.165, 1.54) is 0 Å². The van der Waals surface area contributed by atoms with Crippen molar-refractivity contribution in [3.8, 4) is 17.2 Å². The Hall–Kier alpha value is -2.90. The van der Waals surface area contributed by atoms with Crippen LogP contribution in [0, 0.1) is 0 Å². The van der Waals surface area contributed by atoms with Gasteiger partial charge in [0.2, 0.25) is 5.75 Å². The van der Waals surface area contributed by atoms with Gasteiger partial charge in [0.05, 0.1) is 23.3 Å². The van der Waals surface area contributed by atoms with Gasteiger partial charge in [0.25, 0.3) is 0 Å². The van der Waals surface area contributed by atoms with Crippen molar-refractivity contribution in [3.63, 3.8) is 0 Å². The van der Waals surface area contributed by atoms with Gasteiger partial charge in [0, 0.05) is 19.3 Å². The molecule has 220 valence electrons. The molecule has 0 bridgehead atoms. The summed E-state index contributed by atoms with van der Waals surface area (Å²) >= 11 is 0. The number of hydrogen-bond donors (Lipinski definition) is 2. The highest BCUT2D eigenvalue weighted by Gasteiger charge is 2.36. The summed E-state index contributed by atoms with van der Waals surface area (Å²) < 4.78 is 10.8. The fraction of sp³-hybridized carbons (Fsp3) is 0.677. The lowest BCUT2D eigenvalue weighted by Gasteiger charge is -2.20. The average Bonchev–Trinajstić information content (AvgIpc) is 2.92. The summed E-state index contributed by atoms with van der Waals surface area (Å²) in [6, 6.07) is 0. The summed E-state index contributed by atoms with van der Waals surface area (Å²) in [6.45, 7) is 7.95. The average molecular weight is 549 g/mol. The summed E-state index contributed by atoms with van der Waals surface area (Å²) in [6.07, 6.45) is 10.2. The third-order valence-electron chi connectivity index (χ3n) is 6.57. The lowest BCUT2D eigenvalue weighted by atomic mass is 9.89. The molecule has 0 heterocycles. The fourth-order valence-corrected chi connectivity index (χ4v) is 4.34. The maximum Gasteiger partial charge on any atom is 0.339 e. The van der Waals surface area contributed by atoms with Gasteiger partial charge in [-0.2, -0.15) is 0 Å². The van der Waals surface area contributed by atoms with E-state index in [-0.39, 0.29) is 31.4 Å². The Morgan fingerprint density at radius 1 is 0.564 bits per heavy atom. The number of benzene rings is 1. The number of phenolic OH excluding ortho intramolecular Hbond substituents is 2. The zero-order chi connectivity index (χ0) is 29.2. The Balaban J connectivity index is 3.65. The summed E-state index contributed by atoms with van der Waals surface area (Å²) in [5, 5.41) is 21.9. The molecule has 0 saturated heterocycles. The molecule has 0 atom stereocenters. The van der Waals surface area contributed by atoms with Crippen molar-refractivity contribution in [2.45, 2.75) is 130 Å². The van der Waals surface area contributed by atoms with Crippen molar-refractivity contribution in [1.29, 1.82) is 0 Å². The van der Waals surface area contributed by atoms with E-state index in [9.17, 15) is 29.4 Å². The molecule has 0 aliphatic carbocycles. The van der Waals surface area contributed by atoms with Crippen LogP contribution in [-0.2, 0) is 9.53 Å². The van der Waals surface area contributed by atoms with Crippen molar-refractivity contribution in [1.82, 2.24) is 0 Å². The minimum absolute atomic E-state index is 0.0156. The van der Waals surface area contributed by atoms with Crippen LogP contribution in [-0.4, -0.2) is 40.3 Å². The lowest BCUT2D eigenvalue weighted by Crippen LogP contribution is -2.21. The molecule has 0 aliphatic rings. The zero-order valence-electron chi connectivity index (χ0n) is 24.4. The molecule has 0 fully saturated rings. The first-order valence-corrected chi connectivity index (χ1v) is 14.8. The van der Waals surface area contributed by atoms with Gasteiger partial charge in [0.15, 0.2) is 23.1 Å². The van der Waals surface area contributed by atoms with Crippen molar-refractivity contribution in [2.24, 2.45) is 0 Å². The predicted molar refractivity (Wildman–Crippen MR) is 151 cm³/mol. The van der Waals surface area contributed by atoms with E-state index in [0.29, 0.717) is 25.7 Å². The number of Topliss-reactive ketones (excluding diaryl/α,β-unsaturated/α-hetero) is 2. The Morgan fingerprint density at radius 2 is 1.05 bits per heavy atom. The maximum atomic E-state index is 13.5. The van der Waals surface area contributed by atoms with Gasteiger partial charge in [-0.15, -0.1) is 0 Å². The van der Waals surface area contributed by atoms with Gasteiger partial charge in [-0.25, -0.2) is 4.79 Å². The van der Waals surface area contributed by atoms with Crippen LogP contribution in [0.5, 0.6) is 17.2 Å². The molecular weight excluding hydrogens is 500 g/mol.